The van der Waals surface area contributed by atoms with Crippen molar-refractivity contribution >= 4 is 29.4 Å². The number of esters is 1. The van der Waals surface area contributed by atoms with Crippen LogP contribution in [0.2, 0.25) is 0 Å². The van der Waals surface area contributed by atoms with E-state index in [0.29, 0.717) is 47.1 Å². The second kappa shape index (κ2) is 9.30. The van der Waals surface area contributed by atoms with Gasteiger partial charge in [-0.25, -0.2) is 4.79 Å². The highest BCUT2D eigenvalue weighted by Gasteiger charge is 2.35. The largest absolute Gasteiger partial charge is 0.486 e. The molecule has 0 saturated heterocycles. The monoisotopic (exact) mass is 472 g/mol. The van der Waals surface area contributed by atoms with Crippen LogP contribution in [0.4, 0.5) is 5.69 Å². The summed E-state index contributed by atoms with van der Waals surface area (Å²) in [5, 5.41) is 2.64. The average molecular weight is 472 g/mol. The number of imide groups is 1. The molecule has 3 aromatic rings. The number of carbonyl (C=O) groups is 4. The van der Waals surface area contributed by atoms with Crippen LogP contribution in [0.5, 0.6) is 11.5 Å². The number of anilines is 1. The lowest BCUT2D eigenvalue weighted by Gasteiger charge is -2.19. The molecule has 2 heterocycles. The maximum atomic E-state index is 12.6. The SMILES string of the molecule is O=C(COC(=O)c1cccc(CN2C(=O)c3ccccc3C2=O)c1)Nc1ccc2c(c1)OCCO2. The van der Waals surface area contributed by atoms with Gasteiger partial charge in [0.1, 0.15) is 13.2 Å². The third-order valence-electron chi connectivity index (χ3n) is 5.54. The van der Waals surface area contributed by atoms with Crippen LogP contribution in [0.25, 0.3) is 0 Å². The maximum Gasteiger partial charge on any atom is 0.338 e. The van der Waals surface area contributed by atoms with E-state index in [1.807, 2.05) is 0 Å². The summed E-state index contributed by atoms with van der Waals surface area (Å²) in [6, 6.07) is 18.0. The van der Waals surface area contributed by atoms with E-state index < -0.39 is 18.5 Å². The van der Waals surface area contributed by atoms with E-state index in [9.17, 15) is 19.2 Å². The van der Waals surface area contributed by atoms with Crippen molar-refractivity contribution in [3.8, 4) is 11.5 Å². The van der Waals surface area contributed by atoms with Gasteiger partial charge in [-0.2, -0.15) is 0 Å². The Labute approximate surface area is 200 Å². The van der Waals surface area contributed by atoms with E-state index in [4.69, 9.17) is 14.2 Å². The fourth-order valence-corrected chi connectivity index (χ4v) is 3.89. The highest BCUT2D eigenvalue weighted by molar-refractivity contribution is 6.21. The molecule has 2 aliphatic rings. The molecule has 0 saturated carbocycles. The second-order valence-corrected chi connectivity index (χ2v) is 7.93. The van der Waals surface area contributed by atoms with Crippen molar-refractivity contribution in [1.82, 2.24) is 4.90 Å². The molecule has 0 aliphatic carbocycles. The summed E-state index contributed by atoms with van der Waals surface area (Å²) in [5.41, 5.74) is 1.98. The Morgan fingerprint density at radius 1 is 0.857 bits per heavy atom. The molecule has 176 valence electrons. The van der Waals surface area contributed by atoms with Crippen molar-refractivity contribution in [3.05, 3.63) is 89.0 Å². The molecule has 0 spiro atoms. The summed E-state index contributed by atoms with van der Waals surface area (Å²) < 4.78 is 16.1. The maximum absolute atomic E-state index is 12.6. The number of rotatable bonds is 6. The Kier molecular flexibility index (Phi) is 5.88. The topological polar surface area (TPSA) is 111 Å². The van der Waals surface area contributed by atoms with Gasteiger partial charge >= 0.3 is 5.97 Å². The summed E-state index contributed by atoms with van der Waals surface area (Å²) in [6.07, 6.45) is 0. The lowest BCUT2D eigenvalue weighted by molar-refractivity contribution is -0.119. The predicted molar refractivity (Wildman–Crippen MR) is 123 cm³/mol. The smallest absolute Gasteiger partial charge is 0.338 e. The molecule has 3 amide bonds. The fourth-order valence-electron chi connectivity index (χ4n) is 3.89. The van der Waals surface area contributed by atoms with E-state index in [-0.39, 0.29) is 23.9 Å². The number of hydrogen-bond donors (Lipinski definition) is 1. The summed E-state index contributed by atoms with van der Waals surface area (Å²) in [5.74, 6) is -0.852. The summed E-state index contributed by atoms with van der Waals surface area (Å²) in [6.45, 7) is 0.413. The molecule has 5 rings (SSSR count). The van der Waals surface area contributed by atoms with Crippen LogP contribution >= 0.6 is 0 Å². The molecule has 3 aromatic carbocycles. The zero-order valence-corrected chi connectivity index (χ0v) is 18.5. The minimum atomic E-state index is -0.702. The highest BCUT2D eigenvalue weighted by Crippen LogP contribution is 2.32. The van der Waals surface area contributed by atoms with Crippen LogP contribution in [0.15, 0.2) is 66.7 Å². The van der Waals surface area contributed by atoms with Crippen molar-refractivity contribution in [1.29, 1.82) is 0 Å². The number of nitrogens with zero attached hydrogens (tertiary/aromatic N) is 1. The van der Waals surface area contributed by atoms with Gasteiger partial charge in [-0.1, -0.05) is 24.3 Å². The zero-order valence-electron chi connectivity index (χ0n) is 18.5. The van der Waals surface area contributed by atoms with Crippen molar-refractivity contribution in [2.75, 3.05) is 25.1 Å². The number of hydrogen-bond acceptors (Lipinski definition) is 7. The van der Waals surface area contributed by atoms with Gasteiger partial charge in [0.15, 0.2) is 18.1 Å². The van der Waals surface area contributed by atoms with E-state index in [2.05, 4.69) is 5.32 Å². The second-order valence-electron chi connectivity index (χ2n) is 7.93. The van der Waals surface area contributed by atoms with Gasteiger partial charge < -0.3 is 19.5 Å². The Morgan fingerprint density at radius 3 is 2.31 bits per heavy atom. The van der Waals surface area contributed by atoms with Crippen LogP contribution < -0.4 is 14.8 Å². The first kappa shape index (κ1) is 22.1. The van der Waals surface area contributed by atoms with Gasteiger partial charge in [-0.3, -0.25) is 19.3 Å². The third kappa shape index (κ3) is 4.56. The molecule has 0 atom stereocenters. The number of benzene rings is 3. The van der Waals surface area contributed by atoms with Crippen LogP contribution in [-0.2, 0) is 16.1 Å². The Morgan fingerprint density at radius 2 is 1.57 bits per heavy atom. The van der Waals surface area contributed by atoms with Crippen molar-refractivity contribution in [2.45, 2.75) is 6.54 Å². The normalized spacial score (nSPS) is 13.9. The average Bonchev–Trinajstić information content (AvgIpc) is 3.12. The van der Waals surface area contributed by atoms with Crippen LogP contribution in [0, 0.1) is 0 Å². The summed E-state index contributed by atoms with van der Waals surface area (Å²) in [7, 11) is 0. The Bertz CT molecular complexity index is 1320. The summed E-state index contributed by atoms with van der Waals surface area (Å²) in [4.78, 5) is 51.1. The standard InChI is InChI=1S/C26H20N2O7/c29-23(27-18-8-9-21-22(13-18)34-11-10-33-21)15-35-26(32)17-5-3-4-16(12-17)14-28-24(30)19-6-1-2-7-20(19)25(28)31/h1-9,12-13H,10-11,14-15H2,(H,27,29). The lowest BCUT2D eigenvalue weighted by Crippen LogP contribution is -2.29. The predicted octanol–water partition coefficient (Wildman–Crippen LogP) is 3.05. The Hall–Kier alpha value is -4.66. The third-order valence-corrected chi connectivity index (χ3v) is 5.54. The molecule has 9 heteroatoms. The molecule has 0 radical (unpaired) electrons. The van der Waals surface area contributed by atoms with E-state index in [1.54, 1.807) is 54.6 Å². The summed E-state index contributed by atoms with van der Waals surface area (Å²) >= 11 is 0. The zero-order chi connectivity index (χ0) is 24.4. The molecule has 0 bridgehead atoms. The first-order chi connectivity index (χ1) is 17.0. The minimum Gasteiger partial charge on any atom is -0.486 e. The number of amides is 3. The molecule has 0 aromatic heterocycles. The van der Waals surface area contributed by atoms with Crippen molar-refractivity contribution in [3.63, 3.8) is 0 Å². The first-order valence-electron chi connectivity index (χ1n) is 10.9. The number of carbonyl (C=O) groups excluding carboxylic acids is 4. The number of fused-ring (bicyclic) bond motifs is 2. The highest BCUT2D eigenvalue weighted by atomic mass is 16.6. The molecular formula is C26H20N2O7. The molecular weight excluding hydrogens is 452 g/mol. The molecule has 0 fully saturated rings. The van der Waals surface area contributed by atoms with Gasteiger partial charge in [-0.15, -0.1) is 0 Å². The molecule has 1 N–H and O–H groups in total. The van der Waals surface area contributed by atoms with E-state index >= 15 is 0 Å². The first-order valence-corrected chi connectivity index (χ1v) is 10.9. The van der Waals surface area contributed by atoms with Gasteiger partial charge in [-0.05, 0) is 42.0 Å². The van der Waals surface area contributed by atoms with Gasteiger partial charge in [0.05, 0.1) is 23.2 Å². The van der Waals surface area contributed by atoms with Gasteiger partial charge in [0, 0.05) is 11.8 Å². The molecule has 9 nitrogen and oxygen atoms in total. The van der Waals surface area contributed by atoms with Crippen LogP contribution in [-0.4, -0.2) is 48.4 Å². The minimum absolute atomic E-state index is 0.0120. The van der Waals surface area contributed by atoms with Gasteiger partial charge in [0.2, 0.25) is 0 Å². The molecule has 2 aliphatic heterocycles. The van der Waals surface area contributed by atoms with Crippen LogP contribution in [0.3, 0.4) is 0 Å². The molecule has 35 heavy (non-hydrogen) atoms. The Balaban J connectivity index is 1.18. The molecule has 0 unspecified atom stereocenters. The quantitative estimate of drug-likeness (QED) is 0.434. The van der Waals surface area contributed by atoms with Gasteiger partial charge in [0.25, 0.3) is 17.7 Å². The van der Waals surface area contributed by atoms with E-state index in [1.165, 1.54) is 12.1 Å². The van der Waals surface area contributed by atoms with E-state index in [0.717, 1.165) is 4.90 Å². The van der Waals surface area contributed by atoms with Crippen molar-refractivity contribution < 1.29 is 33.4 Å². The fraction of sp³-hybridized carbons (Fsp3) is 0.154. The number of nitrogens with one attached hydrogen (secondary N) is 1. The van der Waals surface area contributed by atoms with Crippen molar-refractivity contribution in [2.24, 2.45) is 0 Å². The van der Waals surface area contributed by atoms with Crippen LogP contribution in [0.1, 0.15) is 36.6 Å². The number of ether oxygens (including phenoxy) is 3. The lowest BCUT2D eigenvalue weighted by atomic mass is 10.1.